The molecule has 0 aromatic heterocycles. The molecule has 7 heteroatoms. The van der Waals surface area contributed by atoms with Crippen LogP contribution in [0.3, 0.4) is 0 Å². The summed E-state index contributed by atoms with van der Waals surface area (Å²) in [6.07, 6.45) is 4.35. The maximum Gasteiger partial charge on any atom is 0.176 e. The molecule has 1 aliphatic carbocycles. The number of fused-ring (bicyclic) bond motifs is 1. The predicted molar refractivity (Wildman–Crippen MR) is 105 cm³/mol. The van der Waals surface area contributed by atoms with Crippen LogP contribution >= 0.6 is 0 Å². The van der Waals surface area contributed by atoms with Crippen LogP contribution in [0.4, 0.5) is 4.39 Å². The number of unbranched alkanes of at least 4 members (excludes halogenated alkanes) is 1. The van der Waals surface area contributed by atoms with Crippen molar-refractivity contribution < 1.29 is 17.5 Å². The molecule has 0 saturated carbocycles. The Balaban J connectivity index is 2.07. The quantitative estimate of drug-likeness (QED) is 0.672. The summed E-state index contributed by atoms with van der Waals surface area (Å²) in [7, 11) is -3.44. The second-order valence-electron chi connectivity index (χ2n) is 6.76. The number of rotatable bonds is 6. The largest absolute Gasteiger partial charge is 0.457 e. The van der Waals surface area contributed by atoms with E-state index in [0.717, 1.165) is 30.2 Å². The highest BCUT2D eigenvalue weighted by Gasteiger charge is 2.29. The highest BCUT2D eigenvalue weighted by molar-refractivity contribution is 7.90. The van der Waals surface area contributed by atoms with Crippen molar-refractivity contribution in [1.29, 1.82) is 5.26 Å². The van der Waals surface area contributed by atoms with E-state index >= 15 is 0 Å². The zero-order chi connectivity index (χ0) is 20.3. The standard InChI is InChI=1S/C21H21FN2O3S/c1-3-4-9-24-18-6-5-17-19(7-8-20(21(17)18)28(2,25)26)27-16-11-14(13-23)10-15(22)12-16/h7-8,10-12H,3-6,9H2,1-2H3/b24-18+. The number of hydrogen-bond acceptors (Lipinski definition) is 5. The van der Waals surface area contributed by atoms with Gasteiger partial charge in [0.15, 0.2) is 9.84 Å². The second-order valence-corrected chi connectivity index (χ2v) is 8.74. The van der Waals surface area contributed by atoms with Crippen molar-refractivity contribution in [3.63, 3.8) is 0 Å². The lowest BCUT2D eigenvalue weighted by Gasteiger charge is -2.14. The van der Waals surface area contributed by atoms with E-state index in [1.54, 1.807) is 6.07 Å². The van der Waals surface area contributed by atoms with Crippen molar-refractivity contribution in [2.75, 3.05) is 12.8 Å². The van der Waals surface area contributed by atoms with Crippen LogP contribution in [-0.4, -0.2) is 26.9 Å². The molecule has 28 heavy (non-hydrogen) atoms. The van der Waals surface area contributed by atoms with Gasteiger partial charge in [-0.15, -0.1) is 0 Å². The van der Waals surface area contributed by atoms with Crippen molar-refractivity contribution in [3.05, 3.63) is 52.8 Å². The van der Waals surface area contributed by atoms with Gasteiger partial charge in [-0.25, -0.2) is 12.8 Å². The molecule has 2 aromatic carbocycles. The zero-order valence-electron chi connectivity index (χ0n) is 15.8. The average molecular weight is 400 g/mol. The van der Waals surface area contributed by atoms with Crippen molar-refractivity contribution in [3.8, 4) is 17.6 Å². The summed E-state index contributed by atoms with van der Waals surface area (Å²) < 4.78 is 44.1. The molecule has 0 N–H and O–H groups in total. The molecule has 0 amide bonds. The van der Waals surface area contributed by atoms with Gasteiger partial charge in [0, 0.05) is 35.7 Å². The molecule has 0 bridgehead atoms. The van der Waals surface area contributed by atoms with E-state index in [1.807, 2.05) is 6.07 Å². The molecule has 0 heterocycles. The molecule has 0 unspecified atom stereocenters. The fraction of sp³-hybridized carbons (Fsp3) is 0.333. The van der Waals surface area contributed by atoms with E-state index < -0.39 is 15.7 Å². The highest BCUT2D eigenvalue weighted by atomic mass is 32.2. The van der Waals surface area contributed by atoms with Gasteiger partial charge >= 0.3 is 0 Å². The predicted octanol–water partition coefficient (Wildman–Crippen LogP) is 4.43. The number of sulfone groups is 1. The number of nitriles is 1. The van der Waals surface area contributed by atoms with E-state index in [-0.39, 0.29) is 16.2 Å². The molecule has 0 atom stereocenters. The fourth-order valence-electron chi connectivity index (χ4n) is 3.29. The minimum atomic E-state index is -3.44. The molecular formula is C21H21FN2O3S. The van der Waals surface area contributed by atoms with Crippen LogP contribution in [0.2, 0.25) is 0 Å². The molecule has 1 aliphatic rings. The summed E-state index contributed by atoms with van der Waals surface area (Å²) in [4.78, 5) is 4.85. The van der Waals surface area contributed by atoms with E-state index in [9.17, 15) is 12.8 Å². The van der Waals surface area contributed by atoms with Gasteiger partial charge in [-0.3, -0.25) is 4.99 Å². The van der Waals surface area contributed by atoms with Crippen LogP contribution in [0.5, 0.6) is 11.5 Å². The summed E-state index contributed by atoms with van der Waals surface area (Å²) >= 11 is 0. The number of aliphatic imine (C=N–C) groups is 1. The van der Waals surface area contributed by atoms with E-state index in [4.69, 9.17) is 10.00 Å². The lowest BCUT2D eigenvalue weighted by molar-refractivity contribution is 0.470. The van der Waals surface area contributed by atoms with Crippen molar-refractivity contribution in [1.82, 2.24) is 0 Å². The maximum absolute atomic E-state index is 13.7. The summed E-state index contributed by atoms with van der Waals surface area (Å²) in [6.45, 7) is 2.72. The van der Waals surface area contributed by atoms with Gasteiger partial charge in [0.25, 0.3) is 0 Å². The molecule has 146 valence electrons. The first-order valence-electron chi connectivity index (χ1n) is 9.11. The third-order valence-electron chi connectivity index (χ3n) is 4.57. The topological polar surface area (TPSA) is 79.5 Å². The Bertz CT molecular complexity index is 1090. The first-order valence-corrected chi connectivity index (χ1v) is 11.0. The van der Waals surface area contributed by atoms with Gasteiger partial charge in [0.1, 0.15) is 17.3 Å². The lowest BCUT2D eigenvalue weighted by atomic mass is 10.1. The molecule has 3 rings (SSSR count). The smallest absolute Gasteiger partial charge is 0.176 e. The van der Waals surface area contributed by atoms with E-state index in [0.29, 0.717) is 30.7 Å². The molecule has 0 spiro atoms. The van der Waals surface area contributed by atoms with E-state index in [2.05, 4.69) is 11.9 Å². The fourth-order valence-corrected chi connectivity index (χ4v) is 4.22. The van der Waals surface area contributed by atoms with Gasteiger partial charge in [0.2, 0.25) is 0 Å². The third kappa shape index (κ3) is 4.23. The van der Waals surface area contributed by atoms with E-state index in [1.165, 1.54) is 24.5 Å². The van der Waals surface area contributed by atoms with Crippen LogP contribution in [0.25, 0.3) is 0 Å². The van der Waals surface area contributed by atoms with Gasteiger partial charge in [-0.05, 0) is 43.5 Å². The Labute approximate surface area is 164 Å². The molecule has 0 radical (unpaired) electrons. The molecular weight excluding hydrogens is 379 g/mol. The number of halogens is 1. The third-order valence-corrected chi connectivity index (χ3v) is 5.71. The van der Waals surface area contributed by atoms with Crippen LogP contribution in [0, 0.1) is 17.1 Å². The minimum absolute atomic E-state index is 0.154. The molecule has 5 nitrogen and oxygen atoms in total. The van der Waals surface area contributed by atoms with Gasteiger partial charge in [0.05, 0.1) is 16.5 Å². The number of benzene rings is 2. The van der Waals surface area contributed by atoms with Crippen LogP contribution in [0.15, 0.2) is 40.2 Å². The Morgan fingerprint density at radius 2 is 2.04 bits per heavy atom. The number of hydrogen-bond donors (Lipinski definition) is 0. The maximum atomic E-state index is 13.7. The van der Waals surface area contributed by atoms with Crippen molar-refractivity contribution >= 4 is 15.5 Å². The summed E-state index contributed by atoms with van der Waals surface area (Å²) in [5, 5.41) is 9.02. The van der Waals surface area contributed by atoms with Crippen LogP contribution in [-0.2, 0) is 16.3 Å². The summed E-state index contributed by atoms with van der Waals surface area (Å²) in [5.41, 5.74) is 2.28. The van der Waals surface area contributed by atoms with Crippen molar-refractivity contribution in [2.24, 2.45) is 4.99 Å². The second kappa shape index (κ2) is 8.11. The summed E-state index contributed by atoms with van der Waals surface area (Å²) in [5.74, 6) is 0.0834. The highest BCUT2D eigenvalue weighted by Crippen LogP contribution is 2.38. The Hall–Kier alpha value is -2.72. The van der Waals surface area contributed by atoms with Gasteiger partial charge in [-0.2, -0.15) is 5.26 Å². The Kier molecular flexibility index (Phi) is 5.80. The molecule has 0 fully saturated rings. The van der Waals surface area contributed by atoms with Crippen LogP contribution < -0.4 is 4.74 Å². The van der Waals surface area contributed by atoms with Crippen molar-refractivity contribution in [2.45, 2.75) is 37.5 Å². The Morgan fingerprint density at radius 3 is 2.71 bits per heavy atom. The molecule has 0 saturated heterocycles. The zero-order valence-corrected chi connectivity index (χ0v) is 16.6. The number of ether oxygens (including phenoxy) is 1. The van der Waals surface area contributed by atoms with Gasteiger partial charge < -0.3 is 4.74 Å². The van der Waals surface area contributed by atoms with Gasteiger partial charge in [-0.1, -0.05) is 13.3 Å². The monoisotopic (exact) mass is 400 g/mol. The first-order chi connectivity index (χ1) is 13.3. The minimum Gasteiger partial charge on any atom is -0.457 e. The first kappa shape index (κ1) is 20.0. The Morgan fingerprint density at radius 1 is 1.25 bits per heavy atom. The molecule has 2 aromatic rings. The lowest BCUT2D eigenvalue weighted by Crippen LogP contribution is -2.08. The SMILES string of the molecule is CCCC/N=C1\CCc2c(Oc3cc(F)cc(C#N)c3)ccc(S(C)(=O)=O)c21. The number of nitrogens with zero attached hydrogens (tertiary/aromatic N) is 2. The molecule has 0 aliphatic heterocycles. The average Bonchev–Trinajstić information content (AvgIpc) is 3.05. The summed E-state index contributed by atoms with van der Waals surface area (Å²) in [6, 6.07) is 8.76. The van der Waals surface area contributed by atoms with Crippen LogP contribution in [0.1, 0.15) is 42.9 Å². The normalized spacial score (nSPS) is 14.7.